The molecule has 3 aliphatic heterocycles. The van der Waals surface area contributed by atoms with E-state index in [1.54, 1.807) is 12.7 Å². The molecule has 6 rings (SSSR count). The molecule has 0 radical (unpaired) electrons. The summed E-state index contributed by atoms with van der Waals surface area (Å²) in [5, 5.41) is 1.20. The summed E-state index contributed by atoms with van der Waals surface area (Å²) in [4.78, 5) is 18.8. The van der Waals surface area contributed by atoms with Gasteiger partial charge in [0.25, 0.3) is 0 Å². The topological polar surface area (TPSA) is 37.7 Å². The maximum Gasteiger partial charge on any atom is 0.227 e. The molecule has 5 heteroatoms. The van der Waals surface area contributed by atoms with Crippen LogP contribution in [0.5, 0.6) is 0 Å². The number of hydrogen-bond donors (Lipinski definition) is 0. The first-order chi connectivity index (χ1) is 16.2. The van der Waals surface area contributed by atoms with Gasteiger partial charge in [-0.1, -0.05) is 36.3 Å². The molecular formula is C28H37N3O2. The minimum absolute atomic E-state index is 0.305. The Labute approximate surface area is 197 Å². The van der Waals surface area contributed by atoms with Crippen LogP contribution in [0.2, 0.25) is 0 Å². The summed E-state index contributed by atoms with van der Waals surface area (Å²) >= 11 is 0. The lowest BCUT2D eigenvalue weighted by Gasteiger charge is -2.54. The van der Waals surface area contributed by atoms with Crippen LogP contribution in [0, 0.1) is 11.8 Å². The van der Waals surface area contributed by atoms with Crippen LogP contribution in [0.25, 0.3) is 10.9 Å². The maximum atomic E-state index is 13.8. The number of carbonyl (C=O) groups excluding carboxylic acids is 1. The van der Waals surface area contributed by atoms with Crippen LogP contribution in [-0.2, 0) is 22.5 Å². The van der Waals surface area contributed by atoms with Gasteiger partial charge >= 0.3 is 0 Å². The minimum atomic E-state index is 0.305. The highest BCUT2D eigenvalue weighted by Gasteiger charge is 2.46. The van der Waals surface area contributed by atoms with Crippen LogP contribution in [-0.4, -0.2) is 65.7 Å². The van der Waals surface area contributed by atoms with Crippen LogP contribution in [0.15, 0.2) is 42.1 Å². The number of benzene rings is 1. The first-order valence-corrected chi connectivity index (χ1v) is 13.0. The van der Waals surface area contributed by atoms with Crippen LogP contribution in [0.1, 0.15) is 44.1 Å². The van der Waals surface area contributed by atoms with Gasteiger partial charge in [0.15, 0.2) is 0 Å². The quantitative estimate of drug-likeness (QED) is 0.643. The lowest BCUT2D eigenvalue weighted by Crippen LogP contribution is -2.60. The summed E-state index contributed by atoms with van der Waals surface area (Å²) < 4.78 is 7.55. The number of methoxy groups -OCH3 is 1. The molecule has 0 spiro atoms. The molecule has 33 heavy (non-hydrogen) atoms. The molecule has 176 valence electrons. The Morgan fingerprint density at radius 1 is 1.15 bits per heavy atom. The van der Waals surface area contributed by atoms with Crippen molar-refractivity contribution in [3.05, 3.63) is 47.7 Å². The van der Waals surface area contributed by atoms with Gasteiger partial charge in [-0.15, -0.1) is 0 Å². The van der Waals surface area contributed by atoms with E-state index < -0.39 is 0 Å². The summed E-state index contributed by atoms with van der Waals surface area (Å²) in [5.41, 5.74) is 3.92. The number of nitrogens with zero attached hydrogens (tertiary/aromatic N) is 3. The average Bonchev–Trinajstić information content (AvgIpc) is 3.19. The molecule has 1 aromatic heterocycles. The van der Waals surface area contributed by atoms with Gasteiger partial charge in [-0.05, 0) is 62.1 Å². The summed E-state index contributed by atoms with van der Waals surface area (Å²) in [6.07, 6.45) is 12.9. The van der Waals surface area contributed by atoms with Gasteiger partial charge in [-0.25, -0.2) is 0 Å². The molecule has 1 aromatic carbocycles. The van der Waals surface area contributed by atoms with Crippen molar-refractivity contribution in [1.29, 1.82) is 0 Å². The molecule has 4 atom stereocenters. The molecule has 2 bridgehead atoms. The van der Waals surface area contributed by atoms with Crippen LogP contribution in [0.3, 0.4) is 0 Å². The highest BCUT2D eigenvalue weighted by molar-refractivity contribution is 5.89. The largest absolute Gasteiger partial charge is 0.383 e. The molecule has 0 unspecified atom stereocenters. The Kier molecular flexibility index (Phi) is 5.79. The van der Waals surface area contributed by atoms with Gasteiger partial charge in [0.2, 0.25) is 5.91 Å². The Bertz CT molecular complexity index is 1060. The zero-order valence-corrected chi connectivity index (χ0v) is 19.9. The second-order valence-corrected chi connectivity index (χ2v) is 10.6. The van der Waals surface area contributed by atoms with Crippen molar-refractivity contribution in [3.8, 4) is 0 Å². The van der Waals surface area contributed by atoms with Crippen molar-refractivity contribution in [1.82, 2.24) is 14.4 Å². The predicted molar refractivity (Wildman–Crippen MR) is 131 cm³/mol. The molecule has 5 nitrogen and oxygen atoms in total. The lowest BCUT2D eigenvalue weighted by molar-refractivity contribution is -0.135. The van der Waals surface area contributed by atoms with Gasteiger partial charge in [-0.3, -0.25) is 9.69 Å². The van der Waals surface area contributed by atoms with Gasteiger partial charge < -0.3 is 14.2 Å². The van der Waals surface area contributed by atoms with E-state index in [4.69, 9.17) is 4.74 Å². The van der Waals surface area contributed by atoms with Crippen molar-refractivity contribution in [2.75, 3.05) is 33.4 Å². The van der Waals surface area contributed by atoms with Gasteiger partial charge in [0.1, 0.15) is 0 Å². The average molecular weight is 448 g/mol. The highest BCUT2D eigenvalue weighted by atomic mass is 16.5. The summed E-state index contributed by atoms with van der Waals surface area (Å²) in [6.45, 7) is 4.83. The predicted octanol–water partition coefficient (Wildman–Crippen LogP) is 4.25. The van der Waals surface area contributed by atoms with Crippen molar-refractivity contribution >= 4 is 16.8 Å². The molecule has 0 saturated carbocycles. The fraction of sp³-hybridized carbons (Fsp3) is 0.607. The Hall–Kier alpha value is -2.11. The number of para-hydroxylation sites is 1. The molecular weight excluding hydrogens is 410 g/mol. The van der Waals surface area contributed by atoms with Crippen molar-refractivity contribution in [3.63, 3.8) is 0 Å². The molecule has 3 fully saturated rings. The molecule has 0 N–H and O–H groups in total. The van der Waals surface area contributed by atoms with Crippen LogP contribution < -0.4 is 0 Å². The third-order valence-electron chi connectivity index (χ3n) is 8.73. The Balaban J connectivity index is 1.26. The van der Waals surface area contributed by atoms with Crippen molar-refractivity contribution in [2.45, 2.75) is 63.6 Å². The summed E-state index contributed by atoms with van der Waals surface area (Å²) in [7, 11) is 1.74. The number of hydrogen-bond acceptors (Lipinski definition) is 3. The third kappa shape index (κ3) is 3.83. The number of rotatable bonds is 5. The number of fused-ring (bicyclic) bond motifs is 7. The highest BCUT2D eigenvalue weighted by Crippen LogP contribution is 2.45. The van der Waals surface area contributed by atoms with Crippen LogP contribution >= 0.6 is 0 Å². The monoisotopic (exact) mass is 447 g/mol. The molecule has 2 aromatic rings. The normalized spacial score (nSPS) is 29.5. The lowest BCUT2D eigenvalue weighted by atomic mass is 9.68. The molecule has 4 aliphatic rings. The molecule has 1 aliphatic carbocycles. The second-order valence-electron chi connectivity index (χ2n) is 10.6. The van der Waals surface area contributed by atoms with E-state index in [2.05, 4.69) is 50.9 Å². The number of likely N-dealkylation sites (tertiary alicyclic amines) is 1. The minimum Gasteiger partial charge on any atom is -0.383 e. The maximum absolute atomic E-state index is 13.8. The van der Waals surface area contributed by atoms with Crippen molar-refractivity contribution in [2.24, 2.45) is 11.8 Å². The smallest absolute Gasteiger partial charge is 0.227 e. The number of ether oxygens (including phenoxy) is 1. The zero-order chi connectivity index (χ0) is 22.4. The van der Waals surface area contributed by atoms with E-state index in [1.165, 1.54) is 56.1 Å². The first kappa shape index (κ1) is 21.4. The standard InChI is InChI=1S/C28H37N3O2/c1-33-14-13-30-18-22(24-8-2-3-10-26(24)30)17-27(32)31-12-6-7-20-15-21-16-23(28(20)31)19-29-11-5-4-9-25(21)29/h2-3,8,10,15,18,21,23,25,28H,4-7,9,11-14,16-17,19H2,1H3/t21-,23-,25-,28-/m0/s1. The fourth-order valence-electron chi connectivity index (χ4n) is 7.36. The Morgan fingerprint density at radius 3 is 2.97 bits per heavy atom. The number of amides is 1. The van der Waals surface area contributed by atoms with Crippen molar-refractivity contribution < 1.29 is 9.53 Å². The number of aromatic nitrogens is 1. The Morgan fingerprint density at radius 2 is 2.06 bits per heavy atom. The van der Waals surface area contributed by atoms with E-state index in [1.807, 2.05) is 0 Å². The summed E-state index contributed by atoms with van der Waals surface area (Å²) in [5.74, 6) is 1.63. The second kappa shape index (κ2) is 8.92. The van der Waals surface area contributed by atoms with E-state index in [9.17, 15) is 4.79 Å². The van der Waals surface area contributed by atoms with E-state index >= 15 is 0 Å². The first-order valence-electron chi connectivity index (χ1n) is 13.0. The molecule has 1 amide bonds. The third-order valence-corrected chi connectivity index (χ3v) is 8.73. The molecule has 3 saturated heterocycles. The zero-order valence-electron chi connectivity index (χ0n) is 19.9. The number of carbonyl (C=O) groups is 1. The van der Waals surface area contributed by atoms with Gasteiger partial charge in [0, 0.05) is 49.9 Å². The van der Waals surface area contributed by atoms with Crippen LogP contribution in [0.4, 0.5) is 0 Å². The molecule has 4 heterocycles. The summed E-state index contributed by atoms with van der Waals surface area (Å²) in [6, 6.07) is 9.55. The van der Waals surface area contributed by atoms with Gasteiger partial charge in [0.05, 0.1) is 19.1 Å². The van der Waals surface area contributed by atoms with Gasteiger partial charge in [-0.2, -0.15) is 0 Å². The van der Waals surface area contributed by atoms with E-state index in [0.717, 1.165) is 31.1 Å². The SMILES string of the molecule is COCCn1cc(CC(=O)N2CCCC3=C[C@H]4C[C@@H](CN5CCCC[C@@H]45)[C@H]32)c2ccccc21. The van der Waals surface area contributed by atoms with E-state index in [-0.39, 0.29) is 0 Å². The van der Waals surface area contributed by atoms with E-state index in [0.29, 0.717) is 36.8 Å². The fourth-order valence-corrected chi connectivity index (χ4v) is 7.36. The number of piperidine rings is 3.